The molecule has 1 aliphatic heterocycles. The maximum Gasteiger partial charge on any atom is 0.194 e. The average molecular weight is 376 g/mol. The van der Waals surface area contributed by atoms with Crippen LogP contribution < -0.4 is 10.2 Å². The Morgan fingerprint density at radius 2 is 2.04 bits per heavy atom. The number of piperazine rings is 1. The van der Waals surface area contributed by atoms with Gasteiger partial charge in [-0.05, 0) is 31.0 Å². The number of benzene rings is 1. The van der Waals surface area contributed by atoms with Crippen LogP contribution in [0.15, 0.2) is 33.8 Å². The molecule has 0 unspecified atom stereocenters. The molecule has 0 radical (unpaired) electrons. The molecule has 1 fully saturated rings. The molecule has 1 aromatic heterocycles. The maximum absolute atomic E-state index is 6.17. The Hall–Kier alpha value is -2.21. The predicted octanol–water partition coefficient (Wildman–Crippen LogP) is 3.10. The molecule has 0 amide bonds. The van der Waals surface area contributed by atoms with Crippen LogP contribution in [0.4, 0.5) is 5.69 Å². The zero-order chi connectivity index (χ0) is 18.5. The summed E-state index contributed by atoms with van der Waals surface area (Å²) in [5.41, 5.74) is 3.44. The monoisotopic (exact) mass is 375 g/mol. The summed E-state index contributed by atoms with van der Waals surface area (Å²) in [6, 6.07) is 8.05. The molecular formula is C19H26ClN5O. The molecule has 0 bridgehead atoms. The van der Waals surface area contributed by atoms with Crippen molar-refractivity contribution in [3.8, 4) is 0 Å². The fourth-order valence-electron chi connectivity index (χ4n) is 3.19. The topological polar surface area (TPSA) is 56.9 Å². The van der Waals surface area contributed by atoms with Crippen molar-refractivity contribution in [1.29, 1.82) is 0 Å². The van der Waals surface area contributed by atoms with Crippen molar-refractivity contribution in [3.05, 3.63) is 46.3 Å². The lowest BCUT2D eigenvalue weighted by molar-refractivity contribution is 0.356. The summed E-state index contributed by atoms with van der Waals surface area (Å²) in [5, 5.41) is 8.18. The lowest BCUT2D eigenvalue weighted by Crippen LogP contribution is -2.52. The molecule has 6 nitrogen and oxygen atoms in total. The van der Waals surface area contributed by atoms with Crippen LogP contribution in [0.2, 0.25) is 5.02 Å². The van der Waals surface area contributed by atoms with Crippen molar-refractivity contribution in [1.82, 2.24) is 15.4 Å². The summed E-state index contributed by atoms with van der Waals surface area (Å²) < 4.78 is 5.33. The fraction of sp³-hybridized carbons (Fsp3) is 0.474. The highest BCUT2D eigenvalue weighted by molar-refractivity contribution is 6.30. The van der Waals surface area contributed by atoms with Gasteiger partial charge in [0.05, 0.1) is 12.2 Å². The molecule has 140 valence electrons. The van der Waals surface area contributed by atoms with Gasteiger partial charge in [0, 0.05) is 50.0 Å². The highest BCUT2D eigenvalue weighted by atomic mass is 35.5. The second-order valence-electron chi connectivity index (χ2n) is 6.44. The molecule has 0 spiro atoms. The zero-order valence-electron chi connectivity index (χ0n) is 15.6. The minimum absolute atomic E-state index is 0.591. The van der Waals surface area contributed by atoms with E-state index >= 15 is 0 Å². The number of hydrogen-bond acceptors (Lipinski definition) is 4. The summed E-state index contributed by atoms with van der Waals surface area (Å²) in [4.78, 5) is 9.07. The van der Waals surface area contributed by atoms with E-state index in [4.69, 9.17) is 16.1 Å². The Morgan fingerprint density at radius 3 is 2.69 bits per heavy atom. The van der Waals surface area contributed by atoms with Gasteiger partial charge in [-0.15, -0.1) is 0 Å². The van der Waals surface area contributed by atoms with Crippen LogP contribution in [-0.2, 0) is 13.0 Å². The Kier molecular flexibility index (Phi) is 6.04. The summed E-state index contributed by atoms with van der Waals surface area (Å²) in [7, 11) is 1.81. The van der Waals surface area contributed by atoms with Gasteiger partial charge in [0.2, 0.25) is 0 Å². The SMILES string of the molecule is CCc1cc(CNC(=NC)N2CCN(c3cc(Cl)ccc3C)CC2)on1. The number of halogens is 1. The first-order valence-electron chi connectivity index (χ1n) is 9.02. The van der Waals surface area contributed by atoms with Gasteiger partial charge in [-0.2, -0.15) is 0 Å². The van der Waals surface area contributed by atoms with Crippen LogP contribution in [0, 0.1) is 6.92 Å². The van der Waals surface area contributed by atoms with Gasteiger partial charge in [-0.25, -0.2) is 0 Å². The average Bonchev–Trinajstić information content (AvgIpc) is 3.13. The van der Waals surface area contributed by atoms with Crippen LogP contribution in [-0.4, -0.2) is 49.2 Å². The Labute approximate surface area is 159 Å². The van der Waals surface area contributed by atoms with E-state index in [0.717, 1.165) is 55.0 Å². The Morgan fingerprint density at radius 1 is 1.27 bits per heavy atom. The van der Waals surface area contributed by atoms with E-state index in [1.807, 2.05) is 19.2 Å². The van der Waals surface area contributed by atoms with Crippen molar-refractivity contribution in [2.45, 2.75) is 26.8 Å². The second-order valence-corrected chi connectivity index (χ2v) is 6.88. The van der Waals surface area contributed by atoms with Gasteiger partial charge < -0.3 is 19.6 Å². The molecule has 0 saturated carbocycles. The number of anilines is 1. The molecule has 1 saturated heterocycles. The third-order valence-electron chi connectivity index (χ3n) is 4.69. The van der Waals surface area contributed by atoms with Gasteiger partial charge in [0.1, 0.15) is 0 Å². The van der Waals surface area contributed by atoms with Gasteiger partial charge in [-0.3, -0.25) is 4.99 Å². The van der Waals surface area contributed by atoms with Crippen LogP contribution in [0.1, 0.15) is 23.9 Å². The lowest BCUT2D eigenvalue weighted by Gasteiger charge is -2.38. The second kappa shape index (κ2) is 8.45. The largest absolute Gasteiger partial charge is 0.368 e. The zero-order valence-corrected chi connectivity index (χ0v) is 16.4. The van der Waals surface area contributed by atoms with Gasteiger partial charge >= 0.3 is 0 Å². The van der Waals surface area contributed by atoms with E-state index < -0.39 is 0 Å². The van der Waals surface area contributed by atoms with E-state index in [-0.39, 0.29) is 0 Å². The number of aromatic nitrogens is 1. The number of hydrogen-bond donors (Lipinski definition) is 1. The number of nitrogens with one attached hydrogen (secondary N) is 1. The highest BCUT2D eigenvalue weighted by Gasteiger charge is 2.21. The molecular weight excluding hydrogens is 350 g/mol. The Bertz CT molecular complexity index is 765. The van der Waals surface area contributed by atoms with E-state index in [9.17, 15) is 0 Å². The highest BCUT2D eigenvalue weighted by Crippen LogP contribution is 2.25. The van der Waals surface area contributed by atoms with Crippen molar-refractivity contribution in [3.63, 3.8) is 0 Å². The van der Waals surface area contributed by atoms with Crippen LogP contribution >= 0.6 is 11.6 Å². The first-order chi connectivity index (χ1) is 12.6. The number of guanidine groups is 1. The van der Waals surface area contributed by atoms with E-state index in [1.165, 1.54) is 11.3 Å². The van der Waals surface area contributed by atoms with E-state index in [0.29, 0.717) is 6.54 Å². The number of aryl methyl sites for hydroxylation is 2. The lowest BCUT2D eigenvalue weighted by atomic mass is 10.1. The maximum atomic E-state index is 6.17. The van der Waals surface area contributed by atoms with Crippen LogP contribution in [0.5, 0.6) is 0 Å². The Balaban J connectivity index is 1.56. The molecule has 1 N–H and O–H groups in total. The number of rotatable bonds is 4. The third-order valence-corrected chi connectivity index (χ3v) is 4.93. The fourth-order valence-corrected chi connectivity index (χ4v) is 3.35. The normalized spacial score (nSPS) is 15.5. The van der Waals surface area contributed by atoms with Crippen molar-refractivity contribution < 1.29 is 4.52 Å². The molecule has 3 rings (SSSR count). The van der Waals surface area contributed by atoms with E-state index in [2.05, 4.69) is 51.2 Å². The minimum atomic E-state index is 0.591. The summed E-state index contributed by atoms with van der Waals surface area (Å²) in [6.45, 7) is 8.46. The van der Waals surface area contributed by atoms with Gasteiger partial charge in [0.25, 0.3) is 0 Å². The minimum Gasteiger partial charge on any atom is -0.368 e. The third kappa shape index (κ3) is 4.30. The summed E-state index contributed by atoms with van der Waals surface area (Å²) in [5.74, 6) is 1.72. The molecule has 1 aromatic carbocycles. The number of aliphatic imine (C=N–C) groups is 1. The molecule has 2 aromatic rings. The number of nitrogens with zero attached hydrogens (tertiary/aromatic N) is 4. The predicted molar refractivity (Wildman–Crippen MR) is 106 cm³/mol. The quantitative estimate of drug-likeness (QED) is 0.657. The first-order valence-corrected chi connectivity index (χ1v) is 9.39. The molecule has 0 atom stereocenters. The van der Waals surface area contributed by atoms with Gasteiger partial charge in [-0.1, -0.05) is 29.7 Å². The molecule has 0 aliphatic carbocycles. The standard InChI is InChI=1S/C19H26ClN5O/c1-4-16-12-17(26-23-16)13-22-19(21-3)25-9-7-24(8-10-25)18-11-15(20)6-5-14(18)2/h5-6,11-12H,4,7-10,13H2,1-3H3,(H,21,22). The van der Waals surface area contributed by atoms with Crippen LogP contribution in [0.3, 0.4) is 0 Å². The molecule has 7 heteroatoms. The summed E-state index contributed by atoms with van der Waals surface area (Å²) >= 11 is 6.17. The summed E-state index contributed by atoms with van der Waals surface area (Å²) in [6.07, 6.45) is 0.878. The van der Waals surface area contributed by atoms with Crippen molar-refractivity contribution in [2.24, 2.45) is 4.99 Å². The van der Waals surface area contributed by atoms with Gasteiger partial charge in [0.15, 0.2) is 11.7 Å². The van der Waals surface area contributed by atoms with Crippen LogP contribution in [0.25, 0.3) is 0 Å². The van der Waals surface area contributed by atoms with Crippen molar-refractivity contribution >= 4 is 23.2 Å². The van der Waals surface area contributed by atoms with Crippen molar-refractivity contribution in [2.75, 3.05) is 38.1 Å². The first kappa shape index (κ1) is 18.6. The molecule has 26 heavy (non-hydrogen) atoms. The molecule has 1 aliphatic rings. The smallest absolute Gasteiger partial charge is 0.194 e. The molecule has 2 heterocycles. The van der Waals surface area contributed by atoms with E-state index in [1.54, 1.807) is 0 Å².